The van der Waals surface area contributed by atoms with Crippen molar-refractivity contribution >= 4 is 40.8 Å². The van der Waals surface area contributed by atoms with Crippen molar-refractivity contribution in [3.05, 3.63) is 126 Å². The lowest BCUT2D eigenvalue weighted by atomic mass is 9.84. The summed E-state index contributed by atoms with van der Waals surface area (Å²) in [5.74, 6) is -1.40. The molecule has 0 spiro atoms. The molecular formula is C48H62N6O5. The molecule has 0 aromatic heterocycles. The third-order valence-corrected chi connectivity index (χ3v) is 11.1. The number of nitrogens with one attached hydrogen (secondary N) is 4. The number of carbonyl (C=O) groups is 4. The topological polar surface area (TPSA) is 143 Å². The van der Waals surface area contributed by atoms with E-state index in [0.717, 1.165) is 57.5 Å². The maximum absolute atomic E-state index is 14.1. The fraction of sp³-hybridized carbons (Fsp3) is 0.417. The number of benzene rings is 4. The molecule has 0 saturated heterocycles. The van der Waals surface area contributed by atoms with Crippen molar-refractivity contribution in [2.24, 2.45) is 5.41 Å². The van der Waals surface area contributed by atoms with Gasteiger partial charge in [0.25, 0.3) is 5.91 Å². The first-order valence-corrected chi connectivity index (χ1v) is 20.8. The van der Waals surface area contributed by atoms with Gasteiger partial charge in [-0.2, -0.15) is 0 Å². The number of carboxylic acids is 1. The van der Waals surface area contributed by atoms with Gasteiger partial charge in [0.1, 0.15) is 6.04 Å². The molecule has 3 amide bonds. The number of hydrogen-bond acceptors (Lipinski definition) is 7. The number of para-hydroxylation sites is 2. The monoisotopic (exact) mass is 802 g/mol. The van der Waals surface area contributed by atoms with E-state index in [4.69, 9.17) is 0 Å². The molecule has 1 aliphatic carbocycles. The van der Waals surface area contributed by atoms with E-state index in [1.54, 1.807) is 38.1 Å². The Morgan fingerprint density at radius 1 is 0.712 bits per heavy atom. The summed E-state index contributed by atoms with van der Waals surface area (Å²) in [5.41, 5.74) is 3.41. The zero-order chi connectivity index (χ0) is 42.4. The fourth-order valence-corrected chi connectivity index (χ4v) is 7.27. The molecule has 1 unspecified atom stereocenters. The van der Waals surface area contributed by atoms with Gasteiger partial charge >= 0.3 is 12.0 Å². The summed E-state index contributed by atoms with van der Waals surface area (Å²) >= 11 is 0. The van der Waals surface area contributed by atoms with E-state index in [1.165, 1.54) is 22.4 Å². The molecule has 314 valence electrons. The summed E-state index contributed by atoms with van der Waals surface area (Å²) in [4.78, 5) is 56.0. The van der Waals surface area contributed by atoms with Crippen LogP contribution in [0.1, 0.15) is 83.4 Å². The van der Waals surface area contributed by atoms with E-state index >= 15 is 0 Å². The Morgan fingerprint density at radius 3 is 1.83 bits per heavy atom. The summed E-state index contributed by atoms with van der Waals surface area (Å²) < 4.78 is 0. The van der Waals surface area contributed by atoms with Crippen LogP contribution in [0, 0.1) is 5.41 Å². The number of rotatable bonds is 14. The van der Waals surface area contributed by atoms with Gasteiger partial charge < -0.3 is 36.2 Å². The first-order valence-electron chi connectivity index (χ1n) is 20.8. The minimum absolute atomic E-state index is 0.0761. The molecule has 4 aromatic rings. The van der Waals surface area contributed by atoms with Crippen LogP contribution in [0.25, 0.3) is 0 Å². The Hall–Kier alpha value is -5.52. The highest BCUT2D eigenvalue weighted by molar-refractivity contribution is 6.08. The Kier molecular flexibility index (Phi) is 15.8. The van der Waals surface area contributed by atoms with Crippen LogP contribution in [-0.2, 0) is 32.9 Å². The molecule has 1 aliphatic heterocycles. The lowest BCUT2D eigenvalue weighted by Crippen LogP contribution is -2.55. The number of anilines is 3. The molecule has 2 aliphatic rings. The van der Waals surface area contributed by atoms with Gasteiger partial charge in [-0.3, -0.25) is 14.4 Å². The van der Waals surface area contributed by atoms with Crippen LogP contribution in [0.5, 0.6) is 0 Å². The van der Waals surface area contributed by atoms with E-state index in [2.05, 4.69) is 74.7 Å². The second-order valence-corrected chi connectivity index (χ2v) is 17.0. The molecule has 1 atom stereocenters. The predicted octanol–water partition coefficient (Wildman–Crippen LogP) is 7.91. The first-order chi connectivity index (χ1) is 28.2. The van der Waals surface area contributed by atoms with Crippen molar-refractivity contribution in [3.8, 4) is 0 Å². The van der Waals surface area contributed by atoms with Crippen LogP contribution in [0.4, 0.5) is 21.9 Å². The number of ketones is 1. The highest BCUT2D eigenvalue weighted by Crippen LogP contribution is 2.37. The molecule has 0 radical (unpaired) electrons. The molecule has 6 rings (SSSR count). The quantitative estimate of drug-likeness (QED) is 0.0811. The summed E-state index contributed by atoms with van der Waals surface area (Å²) in [6.07, 6.45) is 5.37. The molecule has 11 heteroatoms. The normalized spacial score (nSPS) is 15.9. The van der Waals surface area contributed by atoms with Crippen LogP contribution in [-0.4, -0.2) is 67.1 Å². The lowest BCUT2D eigenvalue weighted by Gasteiger charge is -2.37. The third-order valence-electron chi connectivity index (χ3n) is 11.1. The van der Waals surface area contributed by atoms with Crippen LogP contribution < -0.4 is 31.1 Å². The van der Waals surface area contributed by atoms with Crippen LogP contribution >= 0.6 is 0 Å². The van der Waals surface area contributed by atoms with E-state index in [1.807, 2.05) is 57.2 Å². The Bertz CT molecular complexity index is 1950. The number of nitrogens with zero attached hydrogens (tertiary/aromatic N) is 2. The van der Waals surface area contributed by atoms with Crippen molar-refractivity contribution in [1.82, 2.24) is 16.0 Å². The van der Waals surface area contributed by atoms with Crippen molar-refractivity contribution < 1.29 is 24.3 Å². The highest BCUT2D eigenvalue weighted by Gasteiger charge is 2.39. The number of hydrogen-bond donors (Lipinski definition) is 5. The van der Waals surface area contributed by atoms with Gasteiger partial charge in [-0.25, -0.2) is 4.79 Å². The second-order valence-electron chi connectivity index (χ2n) is 17.0. The van der Waals surface area contributed by atoms with E-state index in [9.17, 15) is 24.3 Å². The SMILES string of the molecule is CC(C)(C)C(=O)CN1C(=O)C(NC(=O)Nc2cccc(C(C)(C)C(=O)O)c2)CN(C2CCCCC2)c2ccccc21.c1ccc(CNCCNCc2ccccc2)cc1. The van der Waals surface area contributed by atoms with Crippen molar-refractivity contribution in [2.75, 3.05) is 41.3 Å². The fourth-order valence-electron chi connectivity index (χ4n) is 7.27. The molecule has 0 bridgehead atoms. The van der Waals surface area contributed by atoms with E-state index in [-0.39, 0.29) is 30.8 Å². The molecular weight excluding hydrogens is 741 g/mol. The molecule has 1 saturated carbocycles. The average Bonchev–Trinajstić information content (AvgIpc) is 3.34. The van der Waals surface area contributed by atoms with Crippen molar-refractivity contribution in [1.29, 1.82) is 0 Å². The third kappa shape index (κ3) is 12.7. The zero-order valence-corrected chi connectivity index (χ0v) is 35.3. The lowest BCUT2D eigenvalue weighted by molar-refractivity contribution is -0.142. The maximum Gasteiger partial charge on any atom is 0.319 e. The van der Waals surface area contributed by atoms with Crippen molar-refractivity contribution in [3.63, 3.8) is 0 Å². The zero-order valence-electron chi connectivity index (χ0n) is 35.3. The number of carboxylic acid groups (broad SMARTS) is 1. The Balaban J connectivity index is 0.000000305. The van der Waals surface area contributed by atoms with Crippen LogP contribution in [0.3, 0.4) is 0 Å². The van der Waals surface area contributed by atoms with E-state index < -0.39 is 28.9 Å². The Labute approximate surface area is 350 Å². The van der Waals surface area contributed by atoms with Crippen LogP contribution in [0.15, 0.2) is 109 Å². The minimum atomic E-state index is -1.14. The molecule has 59 heavy (non-hydrogen) atoms. The summed E-state index contributed by atoms with van der Waals surface area (Å²) in [6.45, 7) is 12.7. The molecule has 1 heterocycles. The number of Topliss-reactive ketones (excluding diaryl/α,β-unsaturated/α-hetero) is 1. The minimum Gasteiger partial charge on any atom is -0.481 e. The van der Waals surface area contributed by atoms with Gasteiger partial charge in [0.05, 0.1) is 23.3 Å². The van der Waals surface area contributed by atoms with Crippen LogP contribution in [0.2, 0.25) is 0 Å². The number of urea groups is 1. The van der Waals surface area contributed by atoms with Gasteiger partial charge in [-0.15, -0.1) is 0 Å². The Morgan fingerprint density at radius 2 is 1.27 bits per heavy atom. The summed E-state index contributed by atoms with van der Waals surface area (Å²) in [5, 5.41) is 22.1. The largest absolute Gasteiger partial charge is 0.481 e. The molecule has 5 N–H and O–H groups in total. The van der Waals surface area contributed by atoms with Gasteiger partial charge in [0, 0.05) is 49.9 Å². The predicted molar refractivity (Wildman–Crippen MR) is 237 cm³/mol. The molecule has 4 aromatic carbocycles. The second kappa shape index (κ2) is 20.9. The number of fused-ring (bicyclic) bond motifs is 1. The number of aliphatic carboxylic acids is 1. The van der Waals surface area contributed by atoms with Gasteiger partial charge in [0.15, 0.2) is 5.78 Å². The molecule has 11 nitrogen and oxygen atoms in total. The highest BCUT2D eigenvalue weighted by atomic mass is 16.4. The summed E-state index contributed by atoms with van der Waals surface area (Å²) in [6, 6.07) is 34.1. The number of amides is 3. The summed E-state index contributed by atoms with van der Waals surface area (Å²) in [7, 11) is 0. The van der Waals surface area contributed by atoms with Crippen molar-refractivity contribution in [2.45, 2.75) is 97.3 Å². The van der Waals surface area contributed by atoms with E-state index in [0.29, 0.717) is 16.9 Å². The van der Waals surface area contributed by atoms with Gasteiger partial charge in [-0.05, 0) is 67.6 Å². The maximum atomic E-state index is 14.1. The first kappa shape index (κ1) is 44.6. The standard InChI is InChI=1S/C32H42N4O5.C16H20N2/c1-31(2,3)27(37)20-36-26-17-10-9-16-25(26)35(23-14-7-6-8-15-23)19-24(28(36)38)34-30(41)33-22-13-11-12-21(18-22)32(4,5)29(39)40;1-3-7-15(8-4-1)13-17-11-12-18-14-16-9-5-2-6-10-16/h9-13,16-18,23-24H,6-8,14-15,19-20H2,1-5H3,(H,39,40)(H2,33,34,41);1-10,17-18H,11-14H2. The molecule has 1 fully saturated rings. The number of carbonyl (C=O) groups excluding carboxylic acids is 3. The smallest absolute Gasteiger partial charge is 0.319 e. The van der Waals surface area contributed by atoms with Gasteiger partial charge in [-0.1, -0.05) is 125 Å². The average molecular weight is 803 g/mol. The van der Waals surface area contributed by atoms with Gasteiger partial charge in [0.2, 0.25) is 0 Å².